The van der Waals surface area contributed by atoms with E-state index in [9.17, 15) is 0 Å². The van der Waals surface area contributed by atoms with Gasteiger partial charge in [0.1, 0.15) is 0 Å². The van der Waals surface area contributed by atoms with Crippen molar-refractivity contribution in [3.63, 3.8) is 0 Å². The van der Waals surface area contributed by atoms with Crippen LogP contribution in [0.25, 0.3) is 0 Å². The van der Waals surface area contributed by atoms with Crippen LogP contribution in [0.4, 0.5) is 5.69 Å². The molecule has 2 N–H and O–H groups in total. The lowest BCUT2D eigenvalue weighted by Gasteiger charge is -2.22. The Bertz CT molecular complexity index is 613. The largest absolute Gasteiger partial charge is 0.366 e. The highest BCUT2D eigenvalue weighted by molar-refractivity contribution is 5.60. The first kappa shape index (κ1) is 14.2. The fourth-order valence-corrected chi connectivity index (χ4v) is 3.47. The zero-order valence-corrected chi connectivity index (χ0v) is 13.0. The van der Waals surface area contributed by atoms with E-state index in [-0.39, 0.29) is 0 Å². The van der Waals surface area contributed by atoms with Crippen molar-refractivity contribution in [1.82, 2.24) is 0 Å². The molecule has 0 amide bonds. The van der Waals surface area contributed by atoms with E-state index in [1.54, 1.807) is 0 Å². The second-order valence-corrected chi connectivity index (χ2v) is 6.08. The predicted molar refractivity (Wildman–Crippen MR) is 89.8 cm³/mol. The van der Waals surface area contributed by atoms with Crippen molar-refractivity contribution in [2.75, 3.05) is 18.0 Å². The van der Waals surface area contributed by atoms with E-state index in [0.717, 1.165) is 26.1 Å². The van der Waals surface area contributed by atoms with E-state index in [4.69, 9.17) is 5.73 Å². The Hall–Kier alpha value is -1.80. The molecule has 0 saturated heterocycles. The molecule has 2 nitrogen and oxygen atoms in total. The fourth-order valence-electron chi connectivity index (χ4n) is 3.47. The van der Waals surface area contributed by atoms with Gasteiger partial charge in [0.05, 0.1) is 0 Å². The molecule has 0 aromatic heterocycles. The molecule has 0 radical (unpaired) electrons. The monoisotopic (exact) mass is 280 g/mol. The van der Waals surface area contributed by atoms with Crippen molar-refractivity contribution >= 4 is 5.69 Å². The third-order valence-electron chi connectivity index (χ3n) is 4.67. The molecule has 1 heterocycles. The summed E-state index contributed by atoms with van der Waals surface area (Å²) in [5.41, 5.74) is 12.9. The minimum Gasteiger partial charge on any atom is -0.366 e. The maximum absolute atomic E-state index is 5.79. The molecule has 2 aromatic carbocycles. The van der Waals surface area contributed by atoms with Crippen LogP contribution in [0.5, 0.6) is 0 Å². The van der Waals surface area contributed by atoms with Crippen molar-refractivity contribution in [3.05, 3.63) is 64.7 Å². The van der Waals surface area contributed by atoms with Crippen molar-refractivity contribution in [2.45, 2.75) is 32.7 Å². The molecule has 0 aliphatic carbocycles. The van der Waals surface area contributed by atoms with Crippen molar-refractivity contribution in [1.29, 1.82) is 0 Å². The van der Waals surface area contributed by atoms with Gasteiger partial charge in [0, 0.05) is 24.7 Å². The number of nitrogens with zero attached hydrogens (tertiary/aromatic N) is 1. The Labute approximate surface area is 127 Å². The Kier molecular flexibility index (Phi) is 3.98. The lowest BCUT2D eigenvalue weighted by Crippen LogP contribution is -2.23. The molecule has 3 rings (SSSR count). The molecule has 1 aliphatic heterocycles. The normalized spacial score (nSPS) is 17.1. The van der Waals surface area contributed by atoms with Crippen LogP contribution < -0.4 is 10.6 Å². The average Bonchev–Trinajstić information content (AvgIpc) is 2.82. The van der Waals surface area contributed by atoms with Gasteiger partial charge in [-0.25, -0.2) is 0 Å². The maximum Gasteiger partial charge on any atom is 0.0435 e. The molecule has 1 aliphatic rings. The van der Waals surface area contributed by atoms with Gasteiger partial charge in [-0.2, -0.15) is 0 Å². The van der Waals surface area contributed by atoms with Crippen LogP contribution in [0.2, 0.25) is 0 Å². The number of anilines is 1. The zero-order chi connectivity index (χ0) is 14.8. The SMILES string of the molecule is Cc1cccc(C)c1CN1CC(CCN)c2ccccc21. The molecular weight excluding hydrogens is 256 g/mol. The summed E-state index contributed by atoms with van der Waals surface area (Å²) in [5.74, 6) is 0.579. The van der Waals surface area contributed by atoms with Crippen LogP contribution in [0, 0.1) is 13.8 Å². The Balaban J connectivity index is 1.90. The number of fused-ring (bicyclic) bond motifs is 1. The quantitative estimate of drug-likeness (QED) is 0.924. The molecule has 1 unspecified atom stereocenters. The Morgan fingerprint density at radius 2 is 1.76 bits per heavy atom. The first-order chi connectivity index (χ1) is 10.2. The number of benzene rings is 2. The minimum absolute atomic E-state index is 0.579. The number of hydrogen-bond acceptors (Lipinski definition) is 2. The van der Waals surface area contributed by atoms with E-state index in [1.807, 2.05) is 0 Å². The highest BCUT2D eigenvalue weighted by Crippen LogP contribution is 2.38. The average molecular weight is 280 g/mol. The van der Waals surface area contributed by atoms with E-state index in [0.29, 0.717) is 5.92 Å². The smallest absolute Gasteiger partial charge is 0.0435 e. The fraction of sp³-hybridized carbons (Fsp3) is 0.368. The summed E-state index contributed by atoms with van der Waals surface area (Å²) in [4.78, 5) is 2.52. The third kappa shape index (κ3) is 2.68. The molecule has 0 fully saturated rings. The number of aryl methyl sites for hydroxylation is 2. The molecule has 0 spiro atoms. The summed E-state index contributed by atoms with van der Waals surface area (Å²) < 4.78 is 0. The van der Waals surface area contributed by atoms with Crippen molar-refractivity contribution < 1.29 is 0 Å². The number of rotatable bonds is 4. The van der Waals surface area contributed by atoms with Crippen LogP contribution in [-0.2, 0) is 6.54 Å². The van der Waals surface area contributed by atoms with E-state index < -0.39 is 0 Å². The summed E-state index contributed by atoms with van der Waals surface area (Å²) in [6, 6.07) is 15.4. The van der Waals surface area contributed by atoms with Crippen LogP contribution in [-0.4, -0.2) is 13.1 Å². The van der Waals surface area contributed by atoms with Gasteiger partial charge in [0.2, 0.25) is 0 Å². The number of hydrogen-bond donors (Lipinski definition) is 1. The molecule has 0 saturated carbocycles. The van der Waals surface area contributed by atoms with Crippen LogP contribution in [0.1, 0.15) is 34.6 Å². The molecule has 110 valence electrons. The standard InChI is InChI=1S/C19H24N2/c1-14-6-5-7-15(2)18(14)13-21-12-16(10-11-20)17-8-3-4-9-19(17)21/h3-9,16H,10-13,20H2,1-2H3. The second kappa shape index (κ2) is 5.90. The maximum atomic E-state index is 5.79. The van der Waals surface area contributed by atoms with Crippen LogP contribution in [0.15, 0.2) is 42.5 Å². The highest BCUT2D eigenvalue weighted by atomic mass is 15.2. The zero-order valence-electron chi connectivity index (χ0n) is 13.0. The van der Waals surface area contributed by atoms with E-state index in [1.165, 1.54) is 27.9 Å². The Morgan fingerprint density at radius 3 is 2.48 bits per heavy atom. The highest BCUT2D eigenvalue weighted by Gasteiger charge is 2.27. The summed E-state index contributed by atoms with van der Waals surface area (Å²) in [6.45, 7) is 7.26. The molecule has 2 aromatic rings. The minimum atomic E-state index is 0.579. The van der Waals surface area contributed by atoms with Gasteiger partial charge in [-0.05, 0) is 55.1 Å². The Morgan fingerprint density at radius 1 is 1.05 bits per heavy atom. The van der Waals surface area contributed by atoms with Gasteiger partial charge in [0.15, 0.2) is 0 Å². The van der Waals surface area contributed by atoms with Gasteiger partial charge in [-0.15, -0.1) is 0 Å². The number of para-hydroxylation sites is 1. The van der Waals surface area contributed by atoms with Gasteiger partial charge >= 0.3 is 0 Å². The molecular formula is C19H24N2. The van der Waals surface area contributed by atoms with Crippen LogP contribution >= 0.6 is 0 Å². The van der Waals surface area contributed by atoms with Crippen molar-refractivity contribution in [3.8, 4) is 0 Å². The molecule has 1 atom stereocenters. The van der Waals surface area contributed by atoms with Gasteiger partial charge < -0.3 is 10.6 Å². The molecule has 0 bridgehead atoms. The first-order valence-electron chi connectivity index (χ1n) is 7.79. The lowest BCUT2D eigenvalue weighted by molar-refractivity contribution is 0.643. The summed E-state index contributed by atoms with van der Waals surface area (Å²) in [7, 11) is 0. The van der Waals surface area contributed by atoms with E-state index in [2.05, 4.69) is 61.2 Å². The van der Waals surface area contributed by atoms with Crippen molar-refractivity contribution in [2.24, 2.45) is 5.73 Å². The second-order valence-electron chi connectivity index (χ2n) is 6.08. The molecule has 21 heavy (non-hydrogen) atoms. The lowest BCUT2D eigenvalue weighted by atomic mass is 9.98. The topological polar surface area (TPSA) is 29.3 Å². The summed E-state index contributed by atoms with van der Waals surface area (Å²) in [5, 5.41) is 0. The third-order valence-corrected chi connectivity index (χ3v) is 4.67. The van der Waals surface area contributed by atoms with Crippen LogP contribution in [0.3, 0.4) is 0 Å². The predicted octanol–water partition coefficient (Wildman–Crippen LogP) is 3.76. The van der Waals surface area contributed by atoms with Gasteiger partial charge in [-0.3, -0.25) is 0 Å². The summed E-state index contributed by atoms with van der Waals surface area (Å²) >= 11 is 0. The van der Waals surface area contributed by atoms with Gasteiger partial charge in [-0.1, -0.05) is 36.4 Å². The van der Waals surface area contributed by atoms with Gasteiger partial charge in [0.25, 0.3) is 0 Å². The van der Waals surface area contributed by atoms with E-state index >= 15 is 0 Å². The number of nitrogens with two attached hydrogens (primary N) is 1. The first-order valence-corrected chi connectivity index (χ1v) is 7.79. The molecule has 2 heteroatoms. The summed E-state index contributed by atoms with van der Waals surface area (Å²) in [6.07, 6.45) is 1.07.